The molecule has 4 rings (SSSR count). The third kappa shape index (κ3) is 2.88. The highest BCUT2D eigenvalue weighted by Crippen LogP contribution is 2.27. The smallest absolute Gasteiger partial charge is 0.292 e. The molecule has 0 bridgehead atoms. The Morgan fingerprint density at radius 3 is 2.88 bits per heavy atom. The van der Waals surface area contributed by atoms with E-state index in [1.54, 1.807) is 21.9 Å². The van der Waals surface area contributed by atoms with Crippen molar-refractivity contribution >= 4 is 11.7 Å². The summed E-state index contributed by atoms with van der Waals surface area (Å²) in [6.45, 7) is 1.07. The van der Waals surface area contributed by atoms with Crippen LogP contribution >= 0.6 is 0 Å². The van der Waals surface area contributed by atoms with E-state index in [2.05, 4.69) is 10.1 Å². The Labute approximate surface area is 146 Å². The van der Waals surface area contributed by atoms with Crippen LogP contribution in [0.1, 0.15) is 58.1 Å². The zero-order chi connectivity index (χ0) is 17.4. The number of ketones is 1. The number of aryl methyl sites for hydroxylation is 2. The molecule has 0 aromatic carbocycles. The fourth-order valence-electron chi connectivity index (χ4n) is 3.86. The lowest BCUT2D eigenvalue weighted by Gasteiger charge is -2.31. The fourth-order valence-corrected chi connectivity index (χ4v) is 3.86. The summed E-state index contributed by atoms with van der Waals surface area (Å²) in [5.74, 6) is 0.492. The number of fused-ring (bicyclic) bond motifs is 1. The van der Waals surface area contributed by atoms with Crippen molar-refractivity contribution in [2.75, 3.05) is 13.1 Å². The van der Waals surface area contributed by atoms with Gasteiger partial charge in [0.15, 0.2) is 5.82 Å². The third-order valence-corrected chi connectivity index (χ3v) is 5.28. The van der Waals surface area contributed by atoms with Crippen LogP contribution in [0.2, 0.25) is 0 Å². The van der Waals surface area contributed by atoms with Crippen LogP contribution in [-0.4, -0.2) is 44.4 Å². The molecule has 3 heterocycles. The first-order valence-corrected chi connectivity index (χ1v) is 8.93. The molecule has 0 saturated carbocycles. The van der Waals surface area contributed by atoms with Gasteiger partial charge in [0.05, 0.1) is 5.69 Å². The maximum Gasteiger partial charge on any atom is 0.292 e. The van der Waals surface area contributed by atoms with Crippen LogP contribution in [0, 0.1) is 5.92 Å². The Morgan fingerprint density at radius 1 is 1.24 bits per heavy atom. The van der Waals surface area contributed by atoms with Crippen LogP contribution in [0.4, 0.5) is 0 Å². The van der Waals surface area contributed by atoms with Gasteiger partial charge < -0.3 is 14.0 Å². The monoisotopic (exact) mass is 342 g/mol. The summed E-state index contributed by atoms with van der Waals surface area (Å²) in [7, 11) is 1.81. The summed E-state index contributed by atoms with van der Waals surface area (Å²) in [6.07, 6.45) is 8.87. The molecule has 1 aliphatic heterocycles. The lowest BCUT2D eigenvalue weighted by Crippen LogP contribution is -2.43. The molecule has 1 amide bonds. The van der Waals surface area contributed by atoms with Gasteiger partial charge in [0.2, 0.25) is 11.5 Å². The summed E-state index contributed by atoms with van der Waals surface area (Å²) in [5, 5.41) is 4.08. The minimum absolute atomic E-state index is 0.00426. The highest BCUT2D eigenvalue weighted by atomic mass is 16.5. The van der Waals surface area contributed by atoms with Crippen LogP contribution in [0.25, 0.3) is 0 Å². The molecule has 2 aliphatic rings. The van der Waals surface area contributed by atoms with E-state index in [4.69, 9.17) is 4.52 Å². The number of aromatic nitrogens is 3. The van der Waals surface area contributed by atoms with Crippen molar-refractivity contribution in [1.29, 1.82) is 0 Å². The number of likely N-dealkylation sites (tertiary alicyclic amines) is 1. The highest BCUT2D eigenvalue weighted by Gasteiger charge is 2.34. The predicted octanol–water partition coefficient (Wildman–Crippen LogP) is 2.02. The second kappa shape index (κ2) is 6.46. The van der Waals surface area contributed by atoms with Crippen molar-refractivity contribution in [3.63, 3.8) is 0 Å². The number of piperidine rings is 1. The predicted molar refractivity (Wildman–Crippen MR) is 89.3 cm³/mol. The molecule has 1 saturated heterocycles. The van der Waals surface area contributed by atoms with Gasteiger partial charge in [0.1, 0.15) is 0 Å². The largest absolute Gasteiger partial charge is 0.350 e. The standard InChI is InChI=1S/C18H22N4O3/c1-21-10-8-19-17(21)15(23)12-5-4-9-22(11-12)18(24)16-13-6-2-3-7-14(13)20-25-16/h8,10,12H,2-7,9,11H2,1H3/t12-/m0/s1. The van der Waals surface area contributed by atoms with Crippen LogP contribution in [0.15, 0.2) is 16.9 Å². The van der Waals surface area contributed by atoms with Gasteiger partial charge in [-0.05, 0) is 38.5 Å². The Hall–Kier alpha value is -2.44. The summed E-state index contributed by atoms with van der Waals surface area (Å²) < 4.78 is 7.11. The number of amides is 1. The van der Waals surface area contributed by atoms with Crippen molar-refractivity contribution < 1.29 is 14.1 Å². The summed E-state index contributed by atoms with van der Waals surface area (Å²) in [5.41, 5.74) is 1.89. The Balaban J connectivity index is 1.51. The molecule has 0 unspecified atom stereocenters. The minimum Gasteiger partial charge on any atom is -0.350 e. The Kier molecular flexibility index (Phi) is 4.15. The molecule has 0 spiro atoms. The van der Waals surface area contributed by atoms with Crippen LogP contribution in [-0.2, 0) is 19.9 Å². The van der Waals surface area contributed by atoms with Crippen LogP contribution < -0.4 is 0 Å². The molecule has 1 fully saturated rings. The van der Waals surface area contributed by atoms with E-state index in [1.807, 2.05) is 7.05 Å². The molecule has 0 N–H and O–H groups in total. The Bertz CT molecular complexity index is 807. The molecule has 0 radical (unpaired) electrons. The number of nitrogens with zero attached hydrogens (tertiary/aromatic N) is 4. The maximum absolute atomic E-state index is 12.9. The number of carbonyl (C=O) groups is 2. The molecule has 7 nitrogen and oxygen atoms in total. The molecule has 25 heavy (non-hydrogen) atoms. The Morgan fingerprint density at radius 2 is 2.08 bits per heavy atom. The van der Waals surface area contributed by atoms with Crippen molar-refractivity contribution in [1.82, 2.24) is 19.6 Å². The van der Waals surface area contributed by atoms with Gasteiger partial charge in [-0.2, -0.15) is 0 Å². The maximum atomic E-state index is 12.9. The second-order valence-electron chi connectivity index (χ2n) is 6.96. The topological polar surface area (TPSA) is 81.2 Å². The molecular formula is C18H22N4O3. The average molecular weight is 342 g/mol. The number of Topliss-reactive ketones (excluding diaryl/α,β-unsaturated/α-hetero) is 1. The normalized spacial score (nSPS) is 20.4. The molecule has 2 aromatic heterocycles. The molecule has 1 atom stereocenters. The lowest BCUT2D eigenvalue weighted by atomic mass is 9.92. The van der Waals surface area contributed by atoms with E-state index in [0.717, 1.165) is 49.8 Å². The second-order valence-corrected chi connectivity index (χ2v) is 6.96. The number of carbonyl (C=O) groups excluding carboxylic acids is 2. The fraction of sp³-hybridized carbons (Fsp3) is 0.556. The van der Waals surface area contributed by atoms with Gasteiger partial charge in [-0.25, -0.2) is 4.98 Å². The van der Waals surface area contributed by atoms with E-state index < -0.39 is 0 Å². The molecule has 7 heteroatoms. The molecule has 132 valence electrons. The van der Waals surface area contributed by atoms with E-state index in [0.29, 0.717) is 24.7 Å². The molecule has 2 aromatic rings. The molecular weight excluding hydrogens is 320 g/mol. The number of hydrogen-bond acceptors (Lipinski definition) is 5. The molecule has 1 aliphatic carbocycles. The number of hydrogen-bond donors (Lipinski definition) is 0. The van der Waals surface area contributed by atoms with E-state index >= 15 is 0 Å². The van der Waals surface area contributed by atoms with Gasteiger partial charge in [-0.3, -0.25) is 9.59 Å². The van der Waals surface area contributed by atoms with Gasteiger partial charge >= 0.3 is 0 Å². The SMILES string of the molecule is Cn1ccnc1C(=O)[C@H]1CCCN(C(=O)c2onc3c2CCCC3)C1. The lowest BCUT2D eigenvalue weighted by molar-refractivity contribution is 0.0598. The average Bonchev–Trinajstić information content (AvgIpc) is 3.27. The van der Waals surface area contributed by atoms with E-state index in [-0.39, 0.29) is 17.6 Å². The van der Waals surface area contributed by atoms with Gasteiger partial charge in [-0.1, -0.05) is 5.16 Å². The van der Waals surface area contributed by atoms with Crippen molar-refractivity contribution in [3.8, 4) is 0 Å². The summed E-state index contributed by atoms with van der Waals surface area (Å²) in [4.78, 5) is 31.5. The minimum atomic E-state index is -0.211. The van der Waals surface area contributed by atoms with E-state index in [1.165, 1.54) is 0 Å². The summed E-state index contributed by atoms with van der Waals surface area (Å²) >= 11 is 0. The van der Waals surface area contributed by atoms with Gasteiger partial charge in [-0.15, -0.1) is 0 Å². The first kappa shape index (κ1) is 16.1. The first-order chi connectivity index (χ1) is 12.1. The van der Waals surface area contributed by atoms with Crippen LogP contribution in [0.3, 0.4) is 0 Å². The van der Waals surface area contributed by atoms with Crippen molar-refractivity contribution in [2.24, 2.45) is 13.0 Å². The zero-order valence-corrected chi connectivity index (χ0v) is 14.4. The van der Waals surface area contributed by atoms with Crippen molar-refractivity contribution in [3.05, 3.63) is 35.2 Å². The van der Waals surface area contributed by atoms with Crippen molar-refractivity contribution in [2.45, 2.75) is 38.5 Å². The van der Waals surface area contributed by atoms with Gasteiger partial charge in [0, 0.05) is 44.0 Å². The number of imidazole rings is 1. The third-order valence-electron chi connectivity index (χ3n) is 5.28. The van der Waals surface area contributed by atoms with Crippen LogP contribution in [0.5, 0.6) is 0 Å². The van der Waals surface area contributed by atoms with Gasteiger partial charge in [0.25, 0.3) is 5.91 Å². The summed E-state index contributed by atoms with van der Waals surface area (Å²) in [6, 6.07) is 0. The quantitative estimate of drug-likeness (QED) is 0.797. The highest BCUT2D eigenvalue weighted by molar-refractivity contribution is 5.97. The van der Waals surface area contributed by atoms with E-state index in [9.17, 15) is 9.59 Å². The zero-order valence-electron chi connectivity index (χ0n) is 14.4. The first-order valence-electron chi connectivity index (χ1n) is 8.93. The number of rotatable bonds is 3.